The van der Waals surface area contributed by atoms with Crippen molar-refractivity contribution in [1.82, 2.24) is 10.2 Å². The molecule has 0 aromatic heterocycles. The molecule has 1 aliphatic rings. The van der Waals surface area contributed by atoms with Crippen molar-refractivity contribution in [3.8, 4) is 11.5 Å². The maximum absolute atomic E-state index is 12.9. The molecule has 1 amide bonds. The number of nitrogens with zero attached hydrogens (tertiary/aromatic N) is 1. The molecule has 0 unspecified atom stereocenters. The van der Waals surface area contributed by atoms with Crippen LogP contribution in [0.5, 0.6) is 11.5 Å². The Morgan fingerprint density at radius 3 is 2.46 bits per heavy atom. The molecule has 0 radical (unpaired) electrons. The number of rotatable bonds is 8. The van der Waals surface area contributed by atoms with E-state index in [0.717, 1.165) is 45.4 Å². The van der Waals surface area contributed by atoms with Crippen LogP contribution in [-0.2, 0) is 11.2 Å². The summed E-state index contributed by atoms with van der Waals surface area (Å²) in [6.07, 6.45) is 2.89. The lowest BCUT2D eigenvalue weighted by molar-refractivity contribution is -0.134. The van der Waals surface area contributed by atoms with Gasteiger partial charge in [-0.05, 0) is 80.2 Å². The SMILES string of the molecule is O=C(COc1ccc(F)cc1)N1CCC(CNCCc2ccc(O)cc2)CC1. The minimum Gasteiger partial charge on any atom is -0.508 e. The van der Waals surface area contributed by atoms with E-state index in [4.69, 9.17) is 4.74 Å². The molecule has 1 heterocycles. The van der Waals surface area contributed by atoms with Crippen molar-refractivity contribution in [2.75, 3.05) is 32.8 Å². The number of amides is 1. The first kappa shape index (κ1) is 20.1. The van der Waals surface area contributed by atoms with Crippen molar-refractivity contribution in [1.29, 1.82) is 0 Å². The normalized spacial score (nSPS) is 14.8. The summed E-state index contributed by atoms with van der Waals surface area (Å²) < 4.78 is 18.3. The number of ether oxygens (including phenoxy) is 1. The Kier molecular flexibility index (Phi) is 7.25. The average Bonchev–Trinajstić information content (AvgIpc) is 2.72. The third kappa shape index (κ3) is 6.23. The topological polar surface area (TPSA) is 61.8 Å². The van der Waals surface area contributed by atoms with Crippen LogP contribution >= 0.6 is 0 Å². The van der Waals surface area contributed by atoms with E-state index >= 15 is 0 Å². The molecular weight excluding hydrogens is 359 g/mol. The number of benzene rings is 2. The lowest BCUT2D eigenvalue weighted by Gasteiger charge is -2.32. The third-order valence-corrected chi connectivity index (χ3v) is 5.10. The quantitative estimate of drug-likeness (QED) is 0.685. The molecule has 1 saturated heterocycles. The van der Waals surface area contributed by atoms with E-state index in [1.165, 1.54) is 29.8 Å². The summed E-state index contributed by atoms with van der Waals surface area (Å²) in [7, 11) is 0. The Morgan fingerprint density at radius 1 is 1.11 bits per heavy atom. The Balaban J connectivity index is 1.29. The van der Waals surface area contributed by atoms with Crippen molar-refractivity contribution in [3.63, 3.8) is 0 Å². The average molecular weight is 386 g/mol. The van der Waals surface area contributed by atoms with Crippen molar-refractivity contribution in [2.45, 2.75) is 19.3 Å². The fourth-order valence-electron chi connectivity index (χ4n) is 3.36. The number of phenolic OH excluding ortho intramolecular Hbond substituents is 1. The molecule has 1 aliphatic heterocycles. The largest absolute Gasteiger partial charge is 0.508 e. The highest BCUT2D eigenvalue weighted by Gasteiger charge is 2.22. The number of carbonyl (C=O) groups is 1. The van der Waals surface area contributed by atoms with Gasteiger partial charge in [0.05, 0.1) is 0 Å². The molecule has 0 spiro atoms. The van der Waals surface area contributed by atoms with Gasteiger partial charge in [-0.3, -0.25) is 4.79 Å². The van der Waals surface area contributed by atoms with Crippen molar-refractivity contribution in [2.24, 2.45) is 5.92 Å². The van der Waals surface area contributed by atoms with Gasteiger partial charge in [-0.2, -0.15) is 0 Å². The van der Waals surface area contributed by atoms with E-state index in [9.17, 15) is 14.3 Å². The summed E-state index contributed by atoms with van der Waals surface area (Å²) in [4.78, 5) is 14.1. The van der Waals surface area contributed by atoms with Crippen molar-refractivity contribution >= 4 is 5.91 Å². The minimum absolute atomic E-state index is 0.0127. The van der Waals surface area contributed by atoms with Gasteiger partial charge in [-0.15, -0.1) is 0 Å². The lowest BCUT2D eigenvalue weighted by Crippen LogP contribution is -2.42. The number of piperidine rings is 1. The maximum atomic E-state index is 12.9. The Hall–Kier alpha value is -2.60. The van der Waals surface area contributed by atoms with Crippen LogP contribution in [0, 0.1) is 11.7 Å². The number of nitrogens with one attached hydrogen (secondary N) is 1. The van der Waals surface area contributed by atoms with Crippen molar-refractivity contribution in [3.05, 3.63) is 59.9 Å². The second-order valence-electron chi connectivity index (χ2n) is 7.19. The van der Waals surface area contributed by atoms with Crippen LogP contribution in [0.2, 0.25) is 0 Å². The summed E-state index contributed by atoms with van der Waals surface area (Å²) in [6, 6.07) is 13.0. The Morgan fingerprint density at radius 2 is 1.79 bits per heavy atom. The highest BCUT2D eigenvalue weighted by molar-refractivity contribution is 5.77. The zero-order chi connectivity index (χ0) is 19.8. The number of hydrogen-bond acceptors (Lipinski definition) is 4. The standard InChI is InChI=1S/C22H27FN2O3/c23-19-3-7-21(8-4-19)28-16-22(27)25-13-10-18(11-14-25)15-24-12-9-17-1-5-20(26)6-2-17/h1-8,18,24,26H,9-16H2. The second kappa shape index (κ2) is 10.1. The predicted octanol–water partition coefficient (Wildman–Crippen LogP) is 2.98. The molecule has 6 heteroatoms. The number of hydrogen-bond donors (Lipinski definition) is 2. The molecule has 0 aliphatic carbocycles. The highest BCUT2D eigenvalue weighted by atomic mass is 19.1. The molecule has 0 bridgehead atoms. The zero-order valence-electron chi connectivity index (χ0n) is 15.9. The minimum atomic E-state index is -0.322. The first-order chi connectivity index (χ1) is 13.6. The monoisotopic (exact) mass is 386 g/mol. The Labute approximate surface area is 165 Å². The molecular formula is C22H27FN2O3. The van der Waals surface area contributed by atoms with Gasteiger partial charge in [0, 0.05) is 13.1 Å². The molecule has 2 aromatic carbocycles. The highest BCUT2D eigenvalue weighted by Crippen LogP contribution is 2.17. The predicted molar refractivity (Wildman–Crippen MR) is 106 cm³/mol. The summed E-state index contributed by atoms with van der Waals surface area (Å²) in [6.45, 7) is 3.33. The van der Waals surface area contributed by atoms with Crippen LogP contribution in [0.4, 0.5) is 4.39 Å². The van der Waals surface area contributed by atoms with Crippen LogP contribution in [0.1, 0.15) is 18.4 Å². The molecule has 1 fully saturated rings. The van der Waals surface area contributed by atoms with Crippen LogP contribution in [0.3, 0.4) is 0 Å². The van der Waals surface area contributed by atoms with Gasteiger partial charge in [0.15, 0.2) is 6.61 Å². The van der Waals surface area contributed by atoms with E-state index in [2.05, 4.69) is 5.32 Å². The molecule has 5 nitrogen and oxygen atoms in total. The zero-order valence-corrected chi connectivity index (χ0v) is 15.9. The van der Waals surface area contributed by atoms with Gasteiger partial charge < -0.3 is 20.1 Å². The van der Waals surface area contributed by atoms with E-state index in [1.807, 2.05) is 17.0 Å². The van der Waals surface area contributed by atoms with Gasteiger partial charge in [-0.25, -0.2) is 4.39 Å². The second-order valence-corrected chi connectivity index (χ2v) is 7.19. The molecule has 150 valence electrons. The fourth-order valence-corrected chi connectivity index (χ4v) is 3.36. The van der Waals surface area contributed by atoms with Gasteiger partial charge in [0.25, 0.3) is 5.91 Å². The molecule has 0 saturated carbocycles. The first-order valence-electron chi connectivity index (χ1n) is 9.75. The van der Waals surface area contributed by atoms with E-state index in [1.54, 1.807) is 12.1 Å². The number of aromatic hydroxyl groups is 1. The van der Waals surface area contributed by atoms with Gasteiger partial charge in [0.1, 0.15) is 17.3 Å². The number of halogens is 1. The van der Waals surface area contributed by atoms with Crippen LogP contribution in [0.25, 0.3) is 0 Å². The smallest absolute Gasteiger partial charge is 0.260 e. The van der Waals surface area contributed by atoms with Crippen LogP contribution in [-0.4, -0.2) is 48.7 Å². The van der Waals surface area contributed by atoms with E-state index < -0.39 is 0 Å². The molecule has 2 aromatic rings. The Bertz CT molecular complexity index is 741. The summed E-state index contributed by atoms with van der Waals surface area (Å²) >= 11 is 0. The number of phenols is 1. The number of likely N-dealkylation sites (tertiary alicyclic amines) is 1. The van der Waals surface area contributed by atoms with Crippen LogP contribution < -0.4 is 10.1 Å². The first-order valence-corrected chi connectivity index (χ1v) is 9.75. The van der Waals surface area contributed by atoms with E-state index in [0.29, 0.717) is 17.4 Å². The summed E-state index contributed by atoms with van der Waals surface area (Å²) in [5.41, 5.74) is 1.20. The molecule has 0 atom stereocenters. The maximum Gasteiger partial charge on any atom is 0.260 e. The third-order valence-electron chi connectivity index (χ3n) is 5.10. The van der Waals surface area contributed by atoms with Gasteiger partial charge in [0.2, 0.25) is 0 Å². The molecule has 2 N–H and O–H groups in total. The summed E-state index contributed by atoms with van der Waals surface area (Å²) in [5, 5.41) is 12.8. The fraction of sp³-hybridized carbons (Fsp3) is 0.409. The molecule has 3 rings (SSSR count). The van der Waals surface area contributed by atoms with Gasteiger partial charge in [-0.1, -0.05) is 12.1 Å². The van der Waals surface area contributed by atoms with Crippen molar-refractivity contribution < 1.29 is 19.0 Å². The van der Waals surface area contributed by atoms with Crippen LogP contribution in [0.15, 0.2) is 48.5 Å². The molecule has 28 heavy (non-hydrogen) atoms. The van der Waals surface area contributed by atoms with E-state index in [-0.39, 0.29) is 18.3 Å². The van der Waals surface area contributed by atoms with Gasteiger partial charge >= 0.3 is 0 Å². The number of carbonyl (C=O) groups excluding carboxylic acids is 1. The summed E-state index contributed by atoms with van der Waals surface area (Å²) in [5.74, 6) is 1.02. The lowest BCUT2D eigenvalue weighted by atomic mass is 9.96.